The van der Waals surface area contributed by atoms with E-state index in [0.717, 1.165) is 22.2 Å². The molecule has 7 nitrogen and oxygen atoms in total. The topological polar surface area (TPSA) is 95.4 Å². The van der Waals surface area contributed by atoms with Crippen LogP contribution in [0.5, 0.6) is 0 Å². The zero-order valence-corrected chi connectivity index (χ0v) is 15.1. The van der Waals surface area contributed by atoms with Crippen LogP contribution in [0.15, 0.2) is 18.3 Å². The number of H-pyrrole nitrogens is 1. The third-order valence-corrected chi connectivity index (χ3v) is 5.08. The number of carbonyl (C=O) groups is 1. The van der Waals surface area contributed by atoms with Crippen LogP contribution in [0.1, 0.15) is 11.3 Å². The van der Waals surface area contributed by atoms with Gasteiger partial charge in [-0.15, -0.1) is 0 Å². The van der Waals surface area contributed by atoms with E-state index in [-0.39, 0.29) is 11.9 Å². The first-order chi connectivity index (χ1) is 12.7. The lowest BCUT2D eigenvalue weighted by molar-refractivity contribution is -0.127. The summed E-state index contributed by atoms with van der Waals surface area (Å²) in [6, 6.07) is 3.34. The molecule has 1 fully saturated rings. The number of nitrogens with one attached hydrogen (secondary N) is 3. The molecule has 0 aliphatic carbocycles. The number of hydrogen-bond acceptors (Lipinski definition) is 5. The monoisotopic (exact) mass is 375 g/mol. The standard InChI is InChI=1S/C18H22ClN5O2/c19-11-7-13-12-1-3-21-9-15(12)22-17(13)14(8-11)23-18(25)16-10-26-6-5-24(16)4-2-20/h1,3,7-8,16,21-22H,2,4-6,9-10,20H2,(H,23,25)/t16-/m1/s1. The molecule has 8 heteroatoms. The lowest BCUT2D eigenvalue weighted by atomic mass is 10.1. The second-order valence-corrected chi connectivity index (χ2v) is 6.95. The highest BCUT2D eigenvalue weighted by Gasteiger charge is 2.29. The van der Waals surface area contributed by atoms with Gasteiger partial charge in [0.2, 0.25) is 5.91 Å². The first-order valence-electron chi connectivity index (χ1n) is 8.74. The normalized spacial score (nSPS) is 20.0. The average Bonchev–Trinajstić information content (AvgIpc) is 3.01. The van der Waals surface area contributed by atoms with Gasteiger partial charge in [-0.1, -0.05) is 11.6 Å². The summed E-state index contributed by atoms with van der Waals surface area (Å²) in [7, 11) is 0. The zero-order chi connectivity index (χ0) is 18.1. The molecule has 1 saturated heterocycles. The SMILES string of the molecule is NCCN1CCOC[C@@H]1C(=O)Nc1cc(Cl)cc2c3c([nH]c12)CNC=C3. The summed E-state index contributed by atoms with van der Waals surface area (Å²) in [5, 5.41) is 7.80. The molecule has 26 heavy (non-hydrogen) atoms. The number of aromatic nitrogens is 1. The number of amides is 1. The van der Waals surface area contributed by atoms with Crippen molar-refractivity contribution in [2.45, 2.75) is 12.6 Å². The molecule has 1 aromatic heterocycles. The van der Waals surface area contributed by atoms with E-state index in [1.807, 2.05) is 18.3 Å². The molecular formula is C18H22ClN5O2. The molecule has 138 valence electrons. The van der Waals surface area contributed by atoms with Crippen LogP contribution in [-0.4, -0.2) is 54.7 Å². The maximum absolute atomic E-state index is 12.9. The Morgan fingerprint density at radius 3 is 3.19 bits per heavy atom. The Kier molecular flexibility index (Phi) is 4.86. The van der Waals surface area contributed by atoms with Crippen LogP contribution >= 0.6 is 11.6 Å². The van der Waals surface area contributed by atoms with Crippen molar-refractivity contribution >= 4 is 40.2 Å². The molecule has 2 aliphatic heterocycles. The number of anilines is 1. The largest absolute Gasteiger partial charge is 0.385 e. The van der Waals surface area contributed by atoms with E-state index in [4.69, 9.17) is 22.1 Å². The molecule has 0 spiro atoms. The minimum absolute atomic E-state index is 0.108. The smallest absolute Gasteiger partial charge is 0.244 e. The van der Waals surface area contributed by atoms with Crippen LogP contribution in [0.25, 0.3) is 17.0 Å². The number of rotatable bonds is 4. The molecule has 0 bridgehead atoms. The Morgan fingerprint density at radius 2 is 2.35 bits per heavy atom. The van der Waals surface area contributed by atoms with Gasteiger partial charge in [0.25, 0.3) is 0 Å². The maximum Gasteiger partial charge on any atom is 0.244 e. The van der Waals surface area contributed by atoms with Crippen molar-refractivity contribution in [3.8, 4) is 0 Å². The zero-order valence-electron chi connectivity index (χ0n) is 14.3. The van der Waals surface area contributed by atoms with E-state index in [0.29, 0.717) is 50.1 Å². The first-order valence-corrected chi connectivity index (χ1v) is 9.12. The minimum Gasteiger partial charge on any atom is -0.385 e. The van der Waals surface area contributed by atoms with Crippen LogP contribution in [0.4, 0.5) is 5.69 Å². The fraction of sp³-hybridized carbons (Fsp3) is 0.389. The Bertz CT molecular complexity index is 861. The number of halogens is 1. The number of morpholine rings is 1. The van der Waals surface area contributed by atoms with E-state index in [2.05, 4.69) is 20.5 Å². The van der Waals surface area contributed by atoms with Crippen LogP contribution in [0.3, 0.4) is 0 Å². The molecule has 2 aliphatic rings. The van der Waals surface area contributed by atoms with E-state index in [9.17, 15) is 4.79 Å². The molecule has 5 N–H and O–H groups in total. The van der Waals surface area contributed by atoms with Crippen LogP contribution in [0.2, 0.25) is 5.02 Å². The van der Waals surface area contributed by atoms with Crippen LogP contribution in [-0.2, 0) is 16.1 Å². The van der Waals surface area contributed by atoms with Gasteiger partial charge in [0.15, 0.2) is 0 Å². The summed E-state index contributed by atoms with van der Waals surface area (Å²) < 4.78 is 5.50. The van der Waals surface area contributed by atoms with Crippen molar-refractivity contribution in [2.75, 3.05) is 38.2 Å². The molecule has 0 saturated carbocycles. The number of fused-ring (bicyclic) bond motifs is 3. The van der Waals surface area contributed by atoms with Crippen molar-refractivity contribution < 1.29 is 9.53 Å². The highest BCUT2D eigenvalue weighted by molar-refractivity contribution is 6.32. The number of hydrogen-bond donors (Lipinski definition) is 4. The highest BCUT2D eigenvalue weighted by atomic mass is 35.5. The van der Waals surface area contributed by atoms with Gasteiger partial charge >= 0.3 is 0 Å². The van der Waals surface area contributed by atoms with Crippen molar-refractivity contribution in [1.82, 2.24) is 15.2 Å². The average molecular weight is 376 g/mol. The van der Waals surface area contributed by atoms with Gasteiger partial charge in [-0.3, -0.25) is 9.69 Å². The lowest BCUT2D eigenvalue weighted by Crippen LogP contribution is -2.53. The predicted octanol–water partition coefficient (Wildman–Crippen LogP) is 1.49. The minimum atomic E-state index is -0.354. The van der Waals surface area contributed by atoms with E-state index < -0.39 is 0 Å². The van der Waals surface area contributed by atoms with Gasteiger partial charge in [0.05, 0.1) is 31.0 Å². The van der Waals surface area contributed by atoms with Gasteiger partial charge in [-0.25, -0.2) is 0 Å². The van der Waals surface area contributed by atoms with Crippen molar-refractivity contribution in [3.05, 3.63) is 34.6 Å². The Balaban J connectivity index is 1.65. The van der Waals surface area contributed by atoms with Gasteiger partial charge in [0, 0.05) is 41.3 Å². The van der Waals surface area contributed by atoms with Crippen molar-refractivity contribution in [2.24, 2.45) is 5.73 Å². The number of ether oxygens (including phenoxy) is 1. The first kappa shape index (κ1) is 17.4. The van der Waals surface area contributed by atoms with Gasteiger partial charge in [-0.2, -0.15) is 0 Å². The number of nitrogens with two attached hydrogens (primary N) is 1. The molecule has 0 unspecified atom stereocenters. The van der Waals surface area contributed by atoms with Gasteiger partial charge in [-0.05, 0) is 24.4 Å². The lowest BCUT2D eigenvalue weighted by Gasteiger charge is -2.34. The summed E-state index contributed by atoms with van der Waals surface area (Å²) in [6.07, 6.45) is 3.93. The van der Waals surface area contributed by atoms with Crippen molar-refractivity contribution in [3.63, 3.8) is 0 Å². The predicted molar refractivity (Wildman–Crippen MR) is 103 cm³/mol. The van der Waals surface area contributed by atoms with Crippen LogP contribution < -0.4 is 16.4 Å². The fourth-order valence-electron chi connectivity index (χ4n) is 3.60. The molecule has 4 rings (SSSR count). The van der Waals surface area contributed by atoms with E-state index >= 15 is 0 Å². The Hall–Kier alpha value is -2.06. The molecule has 0 radical (unpaired) electrons. The van der Waals surface area contributed by atoms with E-state index in [1.165, 1.54) is 0 Å². The third kappa shape index (κ3) is 3.19. The second kappa shape index (κ2) is 7.28. The third-order valence-electron chi connectivity index (χ3n) is 4.86. The Labute approximate surface area is 156 Å². The van der Waals surface area contributed by atoms with Crippen LogP contribution in [0, 0.1) is 0 Å². The quantitative estimate of drug-likeness (QED) is 0.649. The summed E-state index contributed by atoms with van der Waals surface area (Å²) in [5.41, 5.74) is 9.41. The summed E-state index contributed by atoms with van der Waals surface area (Å²) in [4.78, 5) is 18.4. The van der Waals surface area contributed by atoms with Crippen molar-refractivity contribution in [1.29, 1.82) is 0 Å². The van der Waals surface area contributed by atoms with Gasteiger partial charge < -0.3 is 26.1 Å². The Morgan fingerprint density at radius 1 is 1.46 bits per heavy atom. The highest BCUT2D eigenvalue weighted by Crippen LogP contribution is 2.33. The molecule has 1 amide bonds. The molecular weight excluding hydrogens is 354 g/mol. The summed E-state index contributed by atoms with van der Waals surface area (Å²) in [5.74, 6) is -0.108. The number of carbonyl (C=O) groups excluding carboxylic acids is 1. The summed E-state index contributed by atoms with van der Waals surface area (Å²) >= 11 is 6.31. The fourth-order valence-corrected chi connectivity index (χ4v) is 3.81. The molecule has 3 heterocycles. The second-order valence-electron chi connectivity index (χ2n) is 6.51. The summed E-state index contributed by atoms with van der Waals surface area (Å²) in [6.45, 7) is 3.57. The number of aromatic amines is 1. The molecule has 2 aromatic rings. The van der Waals surface area contributed by atoms with E-state index in [1.54, 1.807) is 6.07 Å². The maximum atomic E-state index is 12.9. The van der Waals surface area contributed by atoms with Gasteiger partial charge in [0.1, 0.15) is 6.04 Å². The molecule has 1 aromatic carbocycles. The number of benzene rings is 1. The number of nitrogens with zero attached hydrogens (tertiary/aromatic N) is 1. The molecule has 1 atom stereocenters.